The van der Waals surface area contributed by atoms with E-state index < -0.39 is 45.0 Å². The van der Waals surface area contributed by atoms with Gasteiger partial charge in [0.2, 0.25) is 5.91 Å². The quantitative estimate of drug-likeness (QED) is 0.246. The molecule has 0 radical (unpaired) electrons. The third-order valence-corrected chi connectivity index (χ3v) is 8.60. The molecule has 0 aliphatic heterocycles. The summed E-state index contributed by atoms with van der Waals surface area (Å²) in [7, 11) is -2.05. The highest BCUT2D eigenvalue weighted by atomic mass is 32.2. The molecule has 4 N–H and O–H groups in total. The Balaban J connectivity index is 2.05. The second kappa shape index (κ2) is 15.7. The van der Waals surface area contributed by atoms with Gasteiger partial charge < -0.3 is 25.6 Å². The molecular formula is C28H42N2O6S. The smallest absolute Gasteiger partial charge is 0.250 e. The molecule has 9 heteroatoms. The van der Waals surface area contributed by atoms with E-state index in [0.29, 0.717) is 38.6 Å². The third-order valence-electron chi connectivity index (χ3n) is 6.33. The van der Waals surface area contributed by atoms with E-state index in [9.17, 15) is 23.4 Å². The maximum atomic E-state index is 12.9. The third kappa shape index (κ3) is 10.4. The van der Waals surface area contributed by atoms with Crippen LogP contribution in [-0.4, -0.2) is 67.4 Å². The number of hydrogen-bond donors (Lipinski definition) is 4. The zero-order valence-electron chi connectivity index (χ0n) is 22.1. The number of hydrogen-bond acceptors (Lipinski definition) is 7. The maximum Gasteiger partial charge on any atom is 0.250 e. The Morgan fingerprint density at radius 3 is 2.24 bits per heavy atom. The lowest BCUT2D eigenvalue weighted by Crippen LogP contribution is -2.52. The highest BCUT2D eigenvalue weighted by molar-refractivity contribution is 7.92. The van der Waals surface area contributed by atoms with E-state index in [1.807, 2.05) is 68.4 Å². The molecule has 3 atom stereocenters. The van der Waals surface area contributed by atoms with Crippen molar-refractivity contribution < 1.29 is 28.2 Å². The van der Waals surface area contributed by atoms with E-state index in [4.69, 9.17) is 4.74 Å². The second-order valence-corrected chi connectivity index (χ2v) is 11.7. The van der Waals surface area contributed by atoms with Gasteiger partial charge in [-0.25, -0.2) is 8.42 Å². The SMILES string of the molecule is CCCC(CCC)S(=O)(=O)CC(O)C(=O)N[C@@H](Cc1ccccc1)[C@H](O)CNCc1cccc(OC)c1. The summed E-state index contributed by atoms with van der Waals surface area (Å²) in [6.07, 6.45) is 0.0449. The van der Waals surface area contributed by atoms with E-state index in [1.54, 1.807) is 7.11 Å². The fourth-order valence-corrected chi connectivity index (χ4v) is 6.35. The van der Waals surface area contributed by atoms with Crippen molar-refractivity contribution in [1.82, 2.24) is 10.6 Å². The van der Waals surface area contributed by atoms with Gasteiger partial charge in [0.15, 0.2) is 9.84 Å². The van der Waals surface area contributed by atoms with Gasteiger partial charge in [-0.15, -0.1) is 0 Å². The highest BCUT2D eigenvalue weighted by Crippen LogP contribution is 2.17. The van der Waals surface area contributed by atoms with Gasteiger partial charge in [-0.1, -0.05) is 69.2 Å². The van der Waals surface area contributed by atoms with Crippen LogP contribution in [0.5, 0.6) is 5.75 Å². The Morgan fingerprint density at radius 2 is 1.62 bits per heavy atom. The van der Waals surface area contributed by atoms with E-state index in [-0.39, 0.29) is 6.54 Å². The lowest BCUT2D eigenvalue weighted by Gasteiger charge is -2.26. The first kappa shape index (κ1) is 30.8. The van der Waals surface area contributed by atoms with Crippen molar-refractivity contribution in [2.45, 2.75) is 76.0 Å². The number of amides is 1. The number of methoxy groups -OCH3 is 1. The summed E-state index contributed by atoms with van der Waals surface area (Å²) in [6.45, 7) is 4.49. The second-order valence-electron chi connectivity index (χ2n) is 9.40. The van der Waals surface area contributed by atoms with Crippen LogP contribution in [0.1, 0.15) is 50.7 Å². The molecule has 2 rings (SSSR count). The number of rotatable bonds is 17. The molecule has 1 amide bonds. The Hall–Kier alpha value is -2.46. The van der Waals surface area contributed by atoms with Crippen LogP contribution in [0.3, 0.4) is 0 Å². The summed E-state index contributed by atoms with van der Waals surface area (Å²) >= 11 is 0. The molecule has 0 aliphatic carbocycles. The minimum Gasteiger partial charge on any atom is -0.497 e. The van der Waals surface area contributed by atoms with Crippen LogP contribution in [0.25, 0.3) is 0 Å². The van der Waals surface area contributed by atoms with Crippen molar-refractivity contribution in [3.8, 4) is 5.75 Å². The topological polar surface area (TPSA) is 125 Å². The van der Waals surface area contributed by atoms with Crippen molar-refractivity contribution in [3.63, 3.8) is 0 Å². The molecular weight excluding hydrogens is 492 g/mol. The molecule has 0 bridgehead atoms. The molecule has 2 aromatic rings. The largest absolute Gasteiger partial charge is 0.497 e. The minimum atomic E-state index is -3.65. The number of carbonyl (C=O) groups excluding carboxylic acids is 1. The first-order valence-electron chi connectivity index (χ1n) is 13.0. The van der Waals surface area contributed by atoms with Crippen molar-refractivity contribution in [2.75, 3.05) is 19.4 Å². The van der Waals surface area contributed by atoms with Gasteiger partial charge in [0.25, 0.3) is 0 Å². The van der Waals surface area contributed by atoms with Crippen LogP contribution in [-0.2, 0) is 27.6 Å². The molecule has 206 valence electrons. The number of nitrogens with one attached hydrogen (secondary N) is 2. The highest BCUT2D eigenvalue weighted by Gasteiger charge is 2.31. The molecule has 0 aliphatic rings. The number of aliphatic hydroxyl groups is 2. The van der Waals surface area contributed by atoms with Gasteiger partial charge in [-0.3, -0.25) is 4.79 Å². The fourth-order valence-electron chi connectivity index (χ4n) is 4.30. The molecule has 0 heterocycles. The van der Waals surface area contributed by atoms with Crippen molar-refractivity contribution in [2.24, 2.45) is 0 Å². The number of benzene rings is 2. The number of carbonyl (C=O) groups is 1. The zero-order valence-corrected chi connectivity index (χ0v) is 22.9. The minimum absolute atomic E-state index is 0.179. The lowest BCUT2D eigenvalue weighted by atomic mass is 10.0. The average molecular weight is 535 g/mol. The number of ether oxygens (including phenoxy) is 1. The van der Waals surface area contributed by atoms with E-state index >= 15 is 0 Å². The molecule has 37 heavy (non-hydrogen) atoms. The van der Waals surface area contributed by atoms with Crippen LogP contribution < -0.4 is 15.4 Å². The van der Waals surface area contributed by atoms with Crippen molar-refractivity contribution >= 4 is 15.7 Å². The van der Waals surface area contributed by atoms with E-state index in [2.05, 4.69) is 10.6 Å². The van der Waals surface area contributed by atoms with Crippen LogP contribution in [0.4, 0.5) is 0 Å². The molecule has 0 saturated carbocycles. The number of aliphatic hydroxyl groups excluding tert-OH is 2. The Kier molecular flexibility index (Phi) is 13.1. The van der Waals surface area contributed by atoms with Gasteiger partial charge in [-0.05, 0) is 42.5 Å². The van der Waals surface area contributed by atoms with Gasteiger partial charge in [0.05, 0.1) is 30.3 Å². The molecule has 1 unspecified atom stereocenters. The summed E-state index contributed by atoms with van der Waals surface area (Å²) < 4.78 is 30.9. The van der Waals surface area contributed by atoms with Crippen molar-refractivity contribution in [1.29, 1.82) is 0 Å². The summed E-state index contributed by atoms with van der Waals surface area (Å²) in [6, 6.07) is 16.2. The standard InChI is InChI=1S/C28H42N2O6S/c1-4-10-24(11-5-2)37(34,35)20-27(32)28(33)30-25(17-21-12-7-6-8-13-21)26(31)19-29-18-22-14-9-15-23(16-22)36-3/h6-9,12-16,24-27,29,31-32H,4-5,10-11,17-20H2,1-3H3,(H,30,33)/t25-,26+,27?/m0/s1. The summed E-state index contributed by atoms with van der Waals surface area (Å²) in [5, 5.41) is 26.8. The van der Waals surface area contributed by atoms with Gasteiger partial charge >= 0.3 is 0 Å². The van der Waals surface area contributed by atoms with Crippen molar-refractivity contribution in [3.05, 3.63) is 65.7 Å². The Bertz CT molecular complexity index is 1040. The molecule has 2 aromatic carbocycles. The maximum absolute atomic E-state index is 12.9. The van der Waals surface area contributed by atoms with Crippen LogP contribution in [0.2, 0.25) is 0 Å². The predicted molar refractivity (Wildman–Crippen MR) is 146 cm³/mol. The first-order chi connectivity index (χ1) is 17.7. The number of sulfone groups is 1. The summed E-state index contributed by atoms with van der Waals surface area (Å²) in [4.78, 5) is 12.9. The predicted octanol–water partition coefficient (Wildman–Crippen LogP) is 2.62. The normalized spacial score (nSPS) is 14.2. The zero-order chi connectivity index (χ0) is 27.3. The molecule has 0 spiro atoms. The van der Waals surface area contributed by atoms with Crippen LogP contribution in [0.15, 0.2) is 54.6 Å². The van der Waals surface area contributed by atoms with E-state index in [1.165, 1.54) is 0 Å². The first-order valence-corrected chi connectivity index (χ1v) is 14.7. The van der Waals surface area contributed by atoms with Gasteiger partial charge in [0.1, 0.15) is 11.9 Å². The molecule has 8 nitrogen and oxygen atoms in total. The lowest BCUT2D eigenvalue weighted by molar-refractivity contribution is -0.129. The monoisotopic (exact) mass is 534 g/mol. The Labute approximate surface area is 221 Å². The Morgan fingerprint density at radius 1 is 0.973 bits per heavy atom. The van der Waals surface area contributed by atoms with Gasteiger partial charge in [-0.2, -0.15) is 0 Å². The van der Waals surface area contributed by atoms with Crippen LogP contribution >= 0.6 is 0 Å². The average Bonchev–Trinajstić information content (AvgIpc) is 2.88. The molecule has 0 fully saturated rings. The fraction of sp³-hybridized carbons (Fsp3) is 0.536. The van der Waals surface area contributed by atoms with Gasteiger partial charge in [0, 0.05) is 13.1 Å². The molecule has 0 saturated heterocycles. The summed E-state index contributed by atoms with van der Waals surface area (Å²) in [5.41, 5.74) is 1.87. The van der Waals surface area contributed by atoms with Crippen LogP contribution in [0, 0.1) is 0 Å². The summed E-state index contributed by atoms with van der Waals surface area (Å²) in [5.74, 6) is -0.702. The molecule has 0 aromatic heterocycles. The van der Waals surface area contributed by atoms with E-state index in [0.717, 1.165) is 16.9 Å².